The van der Waals surface area contributed by atoms with E-state index < -0.39 is 11.5 Å². The molecule has 0 fully saturated rings. The van der Waals surface area contributed by atoms with Crippen molar-refractivity contribution in [2.24, 2.45) is 5.73 Å². The number of benzene rings is 1. The molecule has 4 heteroatoms. The molecule has 0 bridgehead atoms. The van der Waals surface area contributed by atoms with Gasteiger partial charge in [-0.2, -0.15) is 0 Å². The highest BCUT2D eigenvalue weighted by Crippen LogP contribution is 2.17. The van der Waals surface area contributed by atoms with Crippen LogP contribution >= 0.6 is 0 Å². The fourth-order valence-corrected chi connectivity index (χ4v) is 1.77. The highest BCUT2D eigenvalue weighted by molar-refractivity contribution is 5.79. The van der Waals surface area contributed by atoms with Crippen molar-refractivity contribution in [2.45, 2.75) is 39.2 Å². The predicted molar refractivity (Wildman–Crippen MR) is 75.3 cm³/mol. The average Bonchev–Trinajstić information content (AvgIpc) is 2.37. The van der Waals surface area contributed by atoms with Gasteiger partial charge in [0.2, 0.25) is 0 Å². The lowest BCUT2D eigenvalue weighted by Gasteiger charge is -2.21. The second-order valence-corrected chi connectivity index (χ2v) is 5.11. The molecule has 1 unspecified atom stereocenters. The molecule has 0 saturated carbocycles. The first kappa shape index (κ1) is 15.5. The summed E-state index contributed by atoms with van der Waals surface area (Å²) in [7, 11) is 1.35. The zero-order valence-electron chi connectivity index (χ0n) is 12.2. The van der Waals surface area contributed by atoms with Crippen LogP contribution in [0.5, 0.6) is 5.75 Å². The minimum Gasteiger partial charge on any atom is -0.494 e. The van der Waals surface area contributed by atoms with E-state index in [9.17, 15) is 4.79 Å². The van der Waals surface area contributed by atoms with Gasteiger partial charge in [0.25, 0.3) is 0 Å². The smallest absolute Gasteiger partial charge is 0.325 e. The van der Waals surface area contributed by atoms with Gasteiger partial charge >= 0.3 is 5.97 Å². The second-order valence-electron chi connectivity index (χ2n) is 5.11. The zero-order valence-corrected chi connectivity index (χ0v) is 12.2. The van der Waals surface area contributed by atoms with Crippen molar-refractivity contribution in [3.05, 3.63) is 29.3 Å². The summed E-state index contributed by atoms with van der Waals surface area (Å²) in [5.41, 5.74) is 7.37. The van der Waals surface area contributed by atoms with Crippen molar-refractivity contribution in [3.8, 4) is 5.75 Å². The first-order chi connectivity index (χ1) is 8.86. The molecule has 2 N–H and O–H groups in total. The minimum absolute atomic E-state index is 0.390. The summed E-state index contributed by atoms with van der Waals surface area (Å²) in [5, 5.41) is 0. The molecule has 0 spiro atoms. The molecule has 0 saturated heterocycles. The van der Waals surface area contributed by atoms with Crippen LogP contribution in [0.3, 0.4) is 0 Å². The van der Waals surface area contributed by atoms with E-state index in [0.29, 0.717) is 19.4 Å². The lowest BCUT2D eigenvalue weighted by atomic mass is 9.98. The van der Waals surface area contributed by atoms with Crippen molar-refractivity contribution >= 4 is 5.97 Å². The van der Waals surface area contributed by atoms with Crippen molar-refractivity contribution in [2.75, 3.05) is 13.7 Å². The number of nitrogens with two attached hydrogens (primary N) is 1. The molecule has 0 aliphatic carbocycles. The van der Waals surface area contributed by atoms with E-state index in [4.69, 9.17) is 10.5 Å². The Kier molecular flexibility index (Phi) is 5.36. The summed E-state index contributed by atoms with van der Waals surface area (Å²) in [6, 6.07) is 5.99. The van der Waals surface area contributed by atoms with Crippen LogP contribution in [0.1, 0.15) is 30.9 Å². The fourth-order valence-electron chi connectivity index (χ4n) is 1.77. The number of carbonyl (C=O) groups is 1. The largest absolute Gasteiger partial charge is 0.494 e. The maximum absolute atomic E-state index is 11.4. The van der Waals surface area contributed by atoms with Crippen molar-refractivity contribution in [3.63, 3.8) is 0 Å². The van der Waals surface area contributed by atoms with E-state index in [1.54, 1.807) is 6.92 Å². The molecule has 0 amide bonds. The Hall–Kier alpha value is -1.55. The summed E-state index contributed by atoms with van der Waals surface area (Å²) < 4.78 is 10.3. The normalized spacial score (nSPS) is 13.7. The maximum atomic E-state index is 11.4. The third kappa shape index (κ3) is 4.56. The molecule has 0 aliphatic rings. The molecule has 19 heavy (non-hydrogen) atoms. The summed E-state index contributed by atoms with van der Waals surface area (Å²) in [6.45, 7) is 6.33. The van der Waals surface area contributed by atoms with Crippen molar-refractivity contribution < 1.29 is 14.3 Å². The number of methoxy groups -OCH3 is 1. The summed E-state index contributed by atoms with van der Waals surface area (Å²) in [6.07, 6.45) is 1.24. The average molecular weight is 265 g/mol. The Morgan fingerprint density at radius 2 is 2.00 bits per heavy atom. The Morgan fingerprint density at radius 1 is 1.32 bits per heavy atom. The van der Waals surface area contributed by atoms with Gasteiger partial charge < -0.3 is 15.2 Å². The third-order valence-electron chi connectivity index (χ3n) is 3.24. The minimum atomic E-state index is -0.943. The van der Waals surface area contributed by atoms with E-state index in [-0.39, 0.29) is 0 Å². The summed E-state index contributed by atoms with van der Waals surface area (Å²) >= 11 is 0. The molecular weight excluding hydrogens is 242 g/mol. The standard InChI is InChI=1S/C15H23NO3/c1-11-6-7-13(10-12(11)2)19-9-5-8-15(3,16)14(17)18-4/h6-7,10H,5,8-9,16H2,1-4H3. The van der Waals surface area contributed by atoms with E-state index in [0.717, 1.165) is 5.75 Å². The van der Waals surface area contributed by atoms with Gasteiger partial charge in [-0.1, -0.05) is 6.07 Å². The van der Waals surface area contributed by atoms with Gasteiger partial charge in [0.05, 0.1) is 13.7 Å². The van der Waals surface area contributed by atoms with Gasteiger partial charge in [-0.25, -0.2) is 0 Å². The lowest BCUT2D eigenvalue weighted by molar-refractivity contribution is -0.146. The van der Waals surface area contributed by atoms with Crippen LogP contribution in [0.4, 0.5) is 0 Å². The van der Waals surface area contributed by atoms with Crippen molar-refractivity contribution in [1.82, 2.24) is 0 Å². The third-order valence-corrected chi connectivity index (χ3v) is 3.24. The monoisotopic (exact) mass is 265 g/mol. The molecule has 0 aliphatic heterocycles. The second kappa shape index (κ2) is 6.57. The van der Waals surface area contributed by atoms with Crippen LogP contribution in [-0.4, -0.2) is 25.2 Å². The van der Waals surface area contributed by atoms with Crippen LogP contribution < -0.4 is 10.5 Å². The number of hydrogen-bond donors (Lipinski definition) is 1. The quantitative estimate of drug-likeness (QED) is 0.633. The first-order valence-corrected chi connectivity index (χ1v) is 6.44. The van der Waals surface area contributed by atoms with Crippen LogP contribution in [-0.2, 0) is 9.53 Å². The van der Waals surface area contributed by atoms with Crippen LogP contribution in [0.15, 0.2) is 18.2 Å². The molecule has 0 heterocycles. The number of aryl methyl sites for hydroxylation is 2. The Morgan fingerprint density at radius 3 is 2.58 bits per heavy atom. The molecule has 4 nitrogen and oxygen atoms in total. The summed E-state index contributed by atoms with van der Waals surface area (Å²) in [5.74, 6) is 0.457. The van der Waals surface area contributed by atoms with Gasteiger partial charge in [0.15, 0.2) is 0 Å². The van der Waals surface area contributed by atoms with Gasteiger partial charge in [-0.05, 0) is 56.9 Å². The van der Waals surface area contributed by atoms with Crippen LogP contribution in [0, 0.1) is 13.8 Å². The molecule has 1 atom stereocenters. The Labute approximate surface area is 114 Å². The van der Waals surface area contributed by atoms with Gasteiger partial charge in [-0.15, -0.1) is 0 Å². The maximum Gasteiger partial charge on any atom is 0.325 e. The number of hydrogen-bond acceptors (Lipinski definition) is 4. The molecule has 0 aromatic heterocycles. The van der Waals surface area contributed by atoms with Gasteiger partial charge in [-0.3, -0.25) is 4.79 Å². The number of ether oxygens (including phenoxy) is 2. The Bertz CT molecular complexity index is 441. The molecule has 1 rings (SSSR count). The molecule has 1 aromatic rings. The SMILES string of the molecule is COC(=O)C(C)(N)CCCOc1ccc(C)c(C)c1. The summed E-state index contributed by atoms with van der Waals surface area (Å²) in [4.78, 5) is 11.4. The topological polar surface area (TPSA) is 61.5 Å². The molecular formula is C15H23NO3. The number of rotatable bonds is 6. The fraction of sp³-hybridized carbons (Fsp3) is 0.533. The number of carbonyl (C=O) groups excluding carboxylic acids is 1. The van der Waals surface area contributed by atoms with Gasteiger partial charge in [0.1, 0.15) is 11.3 Å². The van der Waals surface area contributed by atoms with E-state index in [1.165, 1.54) is 18.2 Å². The van der Waals surface area contributed by atoms with Gasteiger partial charge in [0, 0.05) is 0 Å². The molecule has 0 radical (unpaired) electrons. The predicted octanol–water partition coefficient (Wildman–Crippen LogP) is 2.35. The first-order valence-electron chi connectivity index (χ1n) is 6.44. The number of esters is 1. The van der Waals surface area contributed by atoms with Crippen LogP contribution in [0.2, 0.25) is 0 Å². The van der Waals surface area contributed by atoms with Crippen molar-refractivity contribution in [1.29, 1.82) is 0 Å². The zero-order chi connectivity index (χ0) is 14.5. The Balaban J connectivity index is 2.38. The van der Waals surface area contributed by atoms with E-state index in [2.05, 4.69) is 18.6 Å². The van der Waals surface area contributed by atoms with E-state index >= 15 is 0 Å². The molecule has 106 valence electrons. The highest BCUT2D eigenvalue weighted by Gasteiger charge is 2.28. The van der Waals surface area contributed by atoms with E-state index in [1.807, 2.05) is 18.2 Å². The molecule has 1 aromatic carbocycles. The lowest BCUT2D eigenvalue weighted by Crippen LogP contribution is -2.45. The highest BCUT2D eigenvalue weighted by atomic mass is 16.5. The van der Waals surface area contributed by atoms with Crippen LogP contribution in [0.25, 0.3) is 0 Å².